The number of carbonyl (C=O) groups excluding carboxylic acids is 5. The number of hydrogen-bond donors (Lipinski definition) is 1. The zero-order chi connectivity index (χ0) is 36.2. The molecule has 0 aromatic heterocycles. The Bertz CT molecular complexity index is 1110. The second-order valence-electron chi connectivity index (χ2n) is 14.9. The lowest BCUT2D eigenvalue weighted by atomic mass is 9.79. The molecule has 15 heteroatoms. The quantitative estimate of drug-likeness (QED) is 0.198. The van der Waals surface area contributed by atoms with Gasteiger partial charge in [0.2, 0.25) is 0 Å². The molecule has 46 heavy (non-hydrogen) atoms. The largest absolute Gasteiger partial charge is 0.458 e. The Morgan fingerprint density at radius 3 is 0.978 bits per heavy atom. The molecular formula is C31H56O13Si2. The summed E-state index contributed by atoms with van der Waals surface area (Å²) in [6.45, 7) is 24.8. The van der Waals surface area contributed by atoms with Crippen molar-refractivity contribution in [3.8, 4) is 0 Å². The van der Waals surface area contributed by atoms with Gasteiger partial charge in [0.1, 0.15) is 12.2 Å². The molecule has 266 valence electrons. The van der Waals surface area contributed by atoms with Crippen LogP contribution in [0.5, 0.6) is 0 Å². The van der Waals surface area contributed by atoms with Crippen LogP contribution < -0.4 is 0 Å². The molecule has 8 atom stereocenters. The van der Waals surface area contributed by atoms with Gasteiger partial charge in [0, 0.05) is 34.6 Å². The van der Waals surface area contributed by atoms with E-state index in [0.717, 1.165) is 34.6 Å². The van der Waals surface area contributed by atoms with Gasteiger partial charge in [-0.1, -0.05) is 41.5 Å². The van der Waals surface area contributed by atoms with Crippen LogP contribution in [-0.4, -0.2) is 101 Å². The van der Waals surface area contributed by atoms with E-state index < -0.39 is 107 Å². The third-order valence-corrected chi connectivity index (χ3v) is 17.9. The van der Waals surface area contributed by atoms with E-state index in [1.54, 1.807) is 0 Å². The van der Waals surface area contributed by atoms with E-state index in [-0.39, 0.29) is 5.04 Å². The number of esters is 5. The zero-order valence-electron chi connectivity index (χ0n) is 30.2. The summed E-state index contributed by atoms with van der Waals surface area (Å²) in [5.41, 5.74) is 0. The number of carbonyl (C=O) groups is 5. The normalized spacial score (nSPS) is 27.8. The van der Waals surface area contributed by atoms with Crippen LogP contribution in [0.25, 0.3) is 0 Å². The Balaban J connectivity index is 4.49. The molecule has 1 fully saturated rings. The van der Waals surface area contributed by atoms with E-state index in [9.17, 15) is 29.1 Å². The van der Waals surface area contributed by atoms with Gasteiger partial charge in [0.05, 0.1) is 18.6 Å². The standard InChI is InChI=1S/C31H56O13Si2/c1-17(33)38-23-22(16-32)24(43-45(12,13)30(6,7)8)29(44-46(14,15)31(9,10)11)28(42-21(5)37)27(41-20(4)36)26(40-19(3)35)25(23)39-18(2)34/h22-29,32H,16H2,1-15H3/t22-,23-,24-,25-,26-,27+,28+,29+/m1/s1. The summed E-state index contributed by atoms with van der Waals surface area (Å²) in [4.78, 5) is 63.2. The summed E-state index contributed by atoms with van der Waals surface area (Å²) in [6, 6.07) is 0. The summed E-state index contributed by atoms with van der Waals surface area (Å²) in [6.07, 6.45) is -10.4. The highest BCUT2D eigenvalue weighted by Crippen LogP contribution is 2.45. The van der Waals surface area contributed by atoms with Gasteiger partial charge in [-0.05, 0) is 36.3 Å². The average Bonchev–Trinajstić information content (AvgIpc) is 2.83. The monoisotopic (exact) mass is 692 g/mol. The van der Waals surface area contributed by atoms with Crippen LogP contribution in [0.15, 0.2) is 0 Å². The van der Waals surface area contributed by atoms with E-state index in [0.29, 0.717) is 0 Å². The molecule has 0 aromatic carbocycles. The summed E-state index contributed by atoms with van der Waals surface area (Å²) in [5, 5.41) is 10.3. The molecule has 0 bridgehead atoms. The van der Waals surface area contributed by atoms with Gasteiger partial charge < -0.3 is 37.6 Å². The molecule has 1 saturated carbocycles. The van der Waals surface area contributed by atoms with Crippen molar-refractivity contribution in [3.63, 3.8) is 0 Å². The van der Waals surface area contributed by atoms with E-state index in [4.69, 9.17) is 32.5 Å². The molecule has 0 radical (unpaired) electrons. The molecule has 1 N–H and O–H groups in total. The van der Waals surface area contributed by atoms with Gasteiger partial charge in [-0.2, -0.15) is 0 Å². The number of ether oxygens (including phenoxy) is 5. The topological polar surface area (TPSA) is 170 Å². The van der Waals surface area contributed by atoms with Crippen LogP contribution in [0.4, 0.5) is 0 Å². The van der Waals surface area contributed by atoms with Crippen molar-refractivity contribution in [2.24, 2.45) is 5.92 Å². The Kier molecular flexibility index (Phi) is 14.2. The lowest BCUT2D eigenvalue weighted by Crippen LogP contribution is -2.69. The predicted molar refractivity (Wildman–Crippen MR) is 172 cm³/mol. The van der Waals surface area contributed by atoms with Crippen molar-refractivity contribution in [3.05, 3.63) is 0 Å². The maximum atomic E-state index is 12.8. The summed E-state index contributed by atoms with van der Waals surface area (Å²) in [7, 11) is -5.63. The van der Waals surface area contributed by atoms with Gasteiger partial charge in [0.25, 0.3) is 0 Å². The molecule has 0 amide bonds. The second kappa shape index (κ2) is 15.7. The fourth-order valence-corrected chi connectivity index (χ4v) is 7.43. The van der Waals surface area contributed by atoms with Gasteiger partial charge in [-0.25, -0.2) is 0 Å². The fourth-order valence-electron chi connectivity index (χ4n) is 4.79. The predicted octanol–water partition coefficient (Wildman–Crippen LogP) is 4.05. The van der Waals surface area contributed by atoms with Crippen molar-refractivity contribution >= 4 is 46.5 Å². The first-order valence-corrected chi connectivity index (χ1v) is 21.3. The number of rotatable bonds is 10. The maximum absolute atomic E-state index is 12.8. The van der Waals surface area contributed by atoms with Crippen LogP contribution >= 0.6 is 0 Å². The molecular weight excluding hydrogens is 637 g/mol. The molecule has 13 nitrogen and oxygen atoms in total. The average molecular weight is 693 g/mol. The van der Waals surface area contributed by atoms with Crippen molar-refractivity contribution < 1.29 is 61.6 Å². The van der Waals surface area contributed by atoms with Crippen LogP contribution in [0.1, 0.15) is 76.2 Å². The minimum atomic E-state index is -2.83. The molecule has 0 saturated heterocycles. The zero-order valence-corrected chi connectivity index (χ0v) is 32.2. The summed E-state index contributed by atoms with van der Waals surface area (Å²) < 4.78 is 42.8. The molecule has 1 aliphatic rings. The first-order chi connectivity index (χ1) is 20.7. The van der Waals surface area contributed by atoms with Gasteiger partial charge >= 0.3 is 29.8 Å². The van der Waals surface area contributed by atoms with E-state index in [2.05, 4.69) is 0 Å². The first-order valence-electron chi connectivity index (χ1n) is 15.5. The van der Waals surface area contributed by atoms with E-state index in [1.807, 2.05) is 67.7 Å². The summed E-state index contributed by atoms with van der Waals surface area (Å²) in [5.74, 6) is -5.29. The number of hydrogen-bond acceptors (Lipinski definition) is 13. The molecule has 0 aliphatic heterocycles. The Labute approximate surface area is 275 Å². The second-order valence-corrected chi connectivity index (χ2v) is 24.4. The van der Waals surface area contributed by atoms with Gasteiger partial charge in [0.15, 0.2) is 41.1 Å². The minimum Gasteiger partial charge on any atom is -0.458 e. The van der Waals surface area contributed by atoms with E-state index >= 15 is 0 Å². The van der Waals surface area contributed by atoms with Crippen molar-refractivity contribution in [1.82, 2.24) is 0 Å². The smallest absolute Gasteiger partial charge is 0.303 e. The lowest BCUT2D eigenvalue weighted by molar-refractivity contribution is -0.241. The minimum absolute atomic E-state index is 0.379. The SMILES string of the molecule is CC(=O)O[C@@H]1[C@H](OC(C)=O)[C@@H](O[Si](C)(C)C(C)(C)C)[C@H](O[Si](C)(C)C(C)(C)C)[C@H](CO)[C@@H](OC(C)=O)[C@@H](OC(C)=O)[C@H]1OC(C)=O. The van der Waals surface area contributed by atoms with Crippen LogP contribution in [0.3, 0.4) is 0 Å². The molecule has 1 rings (SSSR count). The highest BCUT2D eigenvalue weighted by molar-refractivity contribution is 6.74. The van der Waals surface area contributed by atoms with Crippen molar-refractivity contribution in [2.75, 3.05) is 6.61 Å². The molecule has 0 unspecified atom stereocenters. The Hall–Kier alpha value is -2.34. The van der Waals surface area contributed by atoms with Crippen LogP contribution in [0.2, 0.25) is 36.3 Å². The summed E-state index contributed by atoms with van der Waals surface area (Å²) >= 11 is 0. The van der Waals surface area contributed by atoms with Gasteiger partial charge in [-0.3, -0.25) is 24.0 Å². The molecule has 0 heterocycles. The highest BCUT2D eigenvalue weighted by Gasteiger charge is 2.60. The molecule has 0 aromatic rings. The third-order valence-electron chi connectivity index (χ3n) is 8.98. The molecule has 0 spiro atoms. The maximum Gasteiger partial charge on any atom is 0.303 e. The Morgan fingerprint density at radius 1 is 0.478 bits per heavy atom. The van der Waals surface area contributed by atoms with Crippen molar-refractivity contribution in [2.45, 2.75) is 155 Å². The van der Waals surface area contributed by atoms with Gasteiger partial charge in [-0.15, -0.1) is 0 Å². The third kappa shape index (κ3) is 10.9. The fraction of sp³-hybridized carbons (Fsp3) is 0.839. The first kappa shape index (κ1) is 41.7. The highest BCUT2D eigenvalue weighted by atomic mass is 28.4. The van der Waals surface area contributed by atoms with Crippen LogP contribution in [-0.2, 0) is 56.5 Å². The van der Waals surface area contributed by atoms with E-state index in [1.165, 1.54) is 0 Å². The Morgan fingerprint density at radius 2 is 0.717 bits per heavy atom. The van der Waals surface area contributed by atoms with Crippen LogP contribution in [0, 0.1) is 5.92 Å². The number of aliphatic hydroxyl groups is 1. The molecule has 1 aliphatic carbocycles. The lowest BCUT2D eigenvalue weighted by Gasteiger charge is -2.52. The number of aliphatic hydroxyl groups excluding tert-OH is 1. The van der Waals surface area contributed by atoms with Crippen molar-refractivity contribution in [1.29, 1.82) is 0 Å².